The summed E-state index contributed by atoms with van der Waals surface area (Å²) >= 11 is 5.98. The number of hydrogen-bond donors (Lipinski definition) is 0. The van der Waals surface area contributed by atoms with Gasteiger partial charge >= 0.3 is 5.24 Å². The average molecular weight is 841 g/mol. The normalized spacial score (nSPS) is 24.3. The van der Waals surface area contributed by atoms with Crippen LogP contribution in [0.25, 0.3) is 0 Å². The van der Waals surface area contributed by atoms with Crippen molar-refractivity contribution in [1.82, 2.24) is 0 Å². The average Bonchev–Trinajstić information content (AvgIpc) is 4.00. The molecule has 5 aromatic carbocycles. The Morgan fingerprint density at radius 2 is 0.966 bits per heavy atom. The van der Waals surface area contributed by atoms with E-state index in [2.05, 4.69) is 163 Å². The molecule has 5 nitrogen and oxygen atoms in total. The SMILES string of the molecule is CC(C)(C)[Si](OC[C@@H]1C[C@H]2C[C@H]3O[C@H]3C[C@H]2[C@@H](OC(=S)Oc2ccccc2)[C@H]1CO[Si](c1ccccc1)(c1ccccc1)C(C)(C)C)(c1ccccc1)c1ccccc1. The maximum absolute atomic E-state index is 7.85. The molecule has 0 aromatic heterocycles. The largest absolute Gasteiger partial charge is 0.453 e. The monoisotopic (exact) mass is 840 g/mol. The van der Waals surface area contributed by atoms with Crippen molar-refractivity contribution in [1.29, 1.82) is 0 Å². The van der Waals surface area contributed by atoms with Crippen molar-refractivity contribution in [2.24, 2.45) is 23.7 Å². The van der Waals surface area contributed by atoms with Gasteiger partial charge in [0, 0.05) is 37.3 Å². The Bertz CT molecular complexity index is 2050. The van der Waals surface area contributed by atoms with Crippen LogP contribution in [-0.2, 0) is 18.3 Å². The van der Waals surface area contributed by atoms with Crippen molar-refractivity contribution in [2.45, 2.75) is 89.2 Å². The number of para-hydroxylation sites is 1. The van der Waals surface area contributed by atoms with Crippen LogP contribution in [0.3, 0.4) is 0 Å². The summed E-state index contributed by atoms with van der Waals surface area (Å²) in [4.78, 5) is 0. The third-order valence-corrected chi connectivity index (χ3v) is 23.6. The molecule has 1 saturated heterocycles. The molecule has 5 aromatic rings. The zero-order valence-corrected chi connectivity index (χ0v) is 38.3. The molecule has 1 aliphatic heterocycles. The minimum absolute atomic E-state index is 0.0382. The van der Waals surface area contributed by atoms with Gasteiger partial charge in [-0.2, -0.15) is 0 Å². The highest BCUT2D eigenvalue weighted by molar-refractivity contribution is 7.79. The van der Waals surface area contributed by atoms with Crippen LogP contribution < -0.4 is 25.5 Å². The van der Waals surface area contributed by atoms with E-state index in [0.717, 1.165) is 19.3 Å². The second-order valence-electron chi connectivity index (χ2n) is 19.0. The highest BCUT2D eigenvalue weighted by atomic mass is 32.1. The summed E-state index contributed by atoms with van der Waals surface area (Å²) in [6, 6.07) is 53.6. The summed E-state index contributed by atoms with van der Waals surface area (Å²) in [5.74, 6) is 1.40. The summed E-state index contributed by atoms with van der Waals surface area (Å²) < 4.78 is 35.2. The number of ether oxygens (including phenoxy) is 3. The fourth-order valence-electron chi connectivity index (χ4n) is 10.6. The lowest BCUT2D eigenvalue weighted by atomic mass is 9.62. The highest BCUT2D eigenvalue weighted by Gasteiger charge is 2.58. The zero-order valence-electron chi connectivity index (χ0n) is 35.5. The Morgan fingerprint density at radius 1 is 0.559 bits per heavy atom. The summed E-state index contributed by atoms with van der Waals surface area (Å²) in [5.41, 5.74) is 0. The maximum Gasteiger partial charge on any atom is 0.358 e. The van der Waals surface area contributed by atoms with Gasteiger partial charge in [-0.15, -0.1) is 0 Å². The molecule has 8 rings (SSSR count). The molecule has 308 valence electrons. The Labute approximate surface area is 359 Å². The van der Waals surface area contributed by atoms with Crippen molar-refractivity contribution in [3.8, 4) is 5.75 Å². The van der Waals surface area contributed by atoms with Crippen LogP contribution in [0.5, 0.6) is 5.75 Å². The highest BCUT2D eigenvalue weighted by Crippen LogP contribution is 2.53. The molecule has 0 unspecified atom stereocenters. The maximum atomic E-state index is 7.85. The minimum atomic E-state index is -2.91. The van der Waals surface area contributed by atoms with Gasteiger partial charge in [-0.1, -0.05) is 181 Å². The quantitative estimate of drug-likeness (QED) is 0.0710. The molecular weight excluding hydrogens is 781 g/mol. The molecule has 0 spiro atoms. The molecule has 2 aliphatic carbocycles. The van der Waals surface area contributed by atoms with E-state index in [-0.39, 0.29) is 45.3 Å². The van der Waals surface area contributed by atoms with E-state index in [1.807, 2.05) is 30.3 Å². The number of benzene rings is 5. The van der Waals surface area contributed by atoms with Crippen LogP contribution in [0.4, 0.5) is 0 Å². The number of rotatable bonds is 12. The second kappa shape index (κ2) is 17.2. The molecule has 59 heavy (non-hydrogen) atoms. The topological polar surface area (TPSA) is 49.5 Å². The predicted octanol–water partition coefficient (Wildman–Crippen LogP) is 9.32. The van der Waals surface area contributed by atoms with Gasteiger partial charge in [-0.05, 0) is 74.1 Å². The van der Waals surface area contributed by atoms with Gasteiger partial charge in [0.05, 0.1) is 12.2 Å². The van der Waals surface area contributed by atoms with Gasteiger partial charge < -0.3 is 23.1 Å². The van der Waals surface area contributed by atoms with E-state index in [4.69, 9.17) is 35.3 Å². The molecule has 8 heteroatoms. The van der Waals surface area contributed by atoms with Crippen LogP contribution >= 0.6 is 12.2 Å². The number of thiocarbonyl (C=S) groups is 1. The number of fused-ring (bicyclic) bond motifs is 2. The molecule has 0 bridgehead atoms. The Hall–Kier alpha value is -3.90. The lowest BCUT2D eigenvalue weighted by molar-refractivity contribution is -0.0798. The molecule has 0 amide bonds. The van der Waals surface area contributed by atoms with Crippen molar-refractivity contribution in [3.63, 3.8) is 0 Å². The number of hydrogen-bond acceptors (Lipinski definition) is 6. The van der Waals surface area contributed by atoms with Crippen LogP contribution in [0.1, 0.15) is 60.8 Å². The summed E-state index contributed by atoms with van der Waals surface area (Å²) in [5, 5.41) is 4.90. The van der Waals surface area contributed by atoms with Crippen LogP contribution in [0.2, 0.25) is 10.1 Å². The van der Waals surface area contributed by atoms with E-state index in [1.165, 1.54) is 20.7 Å². The van der Waals surface area contributed by atoms with Crippen molar-refractivity contribution >= 4 is 54.8 Å². The van der Waals surface area contributed by atoms with Crippen LogP contribution in [0, 0.1) is 23.7 Å². The van der Waals surface area contributed by atoms with Gasteiger partial charge in [-0.3, -0.25) is 0 Å². The first kappa shape index (κ1) is 41.8. The molecule has 1 heterocycles. The molecule has 3 fully saturated rings. The first-order chi connectivity index (χ1) is 28.4. The van der Waals surface area contributed by atoms with Gasteiger partial charge in [0.2, 0.25) is 0 Å². The third-order valence-electron chi connectivity index (χ3n) is 13.4. The Morgan fingerprint density at radius 3 is 1.41 bits per heavy atom. The minimum Gasteiger partial charge on any atom is -0.453 e. The fourth-order valence-corrected chi connectivity index (χ4v) is 20.1. The van der Waals surface area contributed by atoms with E-state index >= 15 is 0 Å². The second-order valence-corrected chi connectivity index (χ2v) is 27.9. The van der Waals surface area contributed by atoms with Crippen molar-refractivity contribution in [2.75, 3.05) is 13.2 Å². The third kappa shape index (κ3) is 8.42. The van der Waals surface area contributed by atoms with Gasteiger partial charge in [0.25, 0.3) is 16.6 Å². The molecule has 7 atom stereocenters. The standard InChI is InChI=1S/C51H60O5SSi2/c1-50(2,3)58(40-24-14-8-15-25-40,41-26-16-9-17-27-41)52-35-38-32-37-33-46-47(55-46)34-44(37)48(56-49(57)54-39-22-12-7-13-23-39)45(38)36-53-59(51(4,5)6,42-28-18-10-19-29-42)43-30-20-11-21-31-43/h7-31,37-38,44-48H,32-36H2,1-6H3/t37-,38-,44+,45-,46+,47-,48+/m0/s1. The van der Waals surface area contributed by atoms with Crippen LogP contribution in [-0.4, -0.2) is 53.4 Å². The fraction of sp³-hybridized carbons (Fsp3) is 0.392. The van der Waals surface area contributed by atoms with Crippen molar-refractivity contribution in [3.05, 3.63) is 152 Å². The van der Waals surface area contributed by atoms with E-state index < -0.39 is 16.6 Å². The summed E-state index contributed by atoms with van der Waals surface area (Å²) in [7, 11) is -5.77. The van der Waals surface area contributed by atoms with E-state index in [0.29, 0.717) is 31.0 Å². The van der Waals surface area contributed by atoms with Crippen LogP contribution in [0.15, 0.2) is 152 Å². The van der Waals surface area contributed by atoms with Gasteiger partial charge in [0.1, 0.15) is 11.9 Å². The Kier molecular flexibility index (Phi) is 12.2. The van der Waals surface area contributed by atoms with Gasteiger partial charge in [-0.25, -0.2) is 0 Å². The zero-order chi connectivity index (χ0) is 41.3. The Balaban J connectivity index is 1.23. The smallest absolute Gasteiger partial charge is 0.358 e. The van der Waals surface area contributed by atoms with E-state index in [9.17, 15) is 0 Å². The molecular formula is C51H60O5SSi2. The summed E-state index contributed by atoms with van der Waals surface area (Å²) in [6.45, 7) is 15.2. The molecule has 3 aliphatic rings. The summed E-state index contributed by atoms with van der Waals surface area (Å²) in [6.07, 6.45) is 3.34. The predicted molar refractivity (Wildman–Crippen MR) is 248 cm³/mol. The molecule has 0 radical (unpaired) electrons. The van der Waals surface area contributed by atoms with E-state index in [1.54, 1.807) is 0 Å². The number of epoxide rings is 1. The molecule has 2 saturated carbocycles. The lowest BCUT2D eigenvalue weighted by Gasteiger charge is -2.51. The van der Waals surface area contributed by atoms with Gasteiger partial charge in [0.15, 0.2) is 0 Å². The molecule has 0 N–H and O–H groups in total. The van der Waals surface area contributed by atoms with Crippen molar-refractivity contribution < 1.29 is 23.1 Å². The lowest BCUT2D eigenvalue weighted by Crippen LogP contribution is -2.68. The first-order valence-electron chi connectivity index (χ1n) is 21.5. The first-order valence-corrected chi connectivity index (χ1v) is 25.7.